The fraction of sp³-hybridized carbons (Fsp3) is 0.722. The molecule has 5 nitrogen and oxygen atoms in total. The van der Waals surface area contributed by atoms with E-state index in [9.17, 15) is 9.59 Å². The van der Waals surface area contributed by atoms with E-state index in [2.05, 4.69) is 18.8 Å². The topological polar surface area (TPSA) is 53.5 Å². The molecule has 0 saturated carbocycles. The first kappa shape index (κ1) is 17.4. The van der Waals surface area contributed by atoms with Gasteiger partial charge < -0.3 is 9.80 Å². The smallest absolute Gasteiger partial charge is 0.282 e. The predicted molar refractivity (Wildman–Crippen MR) is 95.3 cm³/mol. The Kier molecular flexibility index (Phi) is 5.54. The van der Waals surface area contributed by atoms with E-state index >= 15 is 0 Å². The Labute approximate surface area is 148 Å². The zero-order valence-electron chi connectivity index (χ0n) is 14.7. The number of carbonyl (C=O) groups excluding carboxylic acids is 2. The summed E-state index contributed by atoms with van der Waals surface area (Å²) in [6, 6.07) is 0. The molecule has 1 aromatic heterocycles. The molecule has 0 atom stereocenters. The molecule has 0 N–H and O–H groups in total. The molecule has 0 spiro atoms. The average molecular weight is 350 g/mol. The van der Waals surface area contributed by atoms with Crippen molar-refractivity contribution in [1.82, 2.24) is 14.8 Å². The van der Waals surface area contributed by atoms with Crippen molar-refractivity contribution < 1.29 is 9.59 Å². The monoisotopic (exact) mass is 349 g/mol. The largest absolute Gasteiger partial charge is 0.342 e. The van der Waals surface area contributed by atoms with Crippen molar-refractivity contribution in [2.45, 2.75) is 52.4 Å². The summed E-state index contributed by atoms with van der Waals surface area (Å²) in [5, 5.41) is 0.642. The number of thiazole rings is 1. The molecular formula is C18H27N3O2S. The highest BCUT2D eigenvalue weighted by Gasteiger charge is 2.26. The fourth-order valence-corrected chi connectivity index (χ4v) is 4.48. The van der Waals surface area contributed by atoms with Crippen LogP contribution >= 0.6 is 11.3 Å². The summed E-state index contributed by atoms with van der Waals surface area (Å²) in [7, 11) is 0. The lowest BCUT2D eigenvalue weighted by Gasteiger charge is -2.25. The van der Waals surface area contributed by atoms with Crippen LogP contribution in [0.3, 0.4) is 0 Å². The van der Waals surface area contributed by atoms with Crippen LogP contribution in [0.25, 0.3) is 0 Å². The van der Waals surface area contributed by atoms with Crippen molar-refractivity contribution in [3.63, 3.8) is 0 Å². The first-order valence-corrected chi connectivity index (χ1v) is 9.92. The van der Waals surface area contributed by atoms with Crippen LogP contribution in [0.15, 0.2) is 0 Å². The first-order valence-electron chi connectivity index (χ1n) is 9.10. The van der Waals surface area contributed by atoms with Crippen molar-refractivity contribution in [2.75, 3.05) is 26.2 Å². The Morgan fingerprint density at radius 3 is 2.46 bits per heavy atom. The molecule has 1 fully saturated rings. The van der Waals surface area contributed by atoms with Crippen LogP contribution in [0, 0.1) is 5.92 Å². The number of piperidine rings is 1. The first-order chi connectivity index (χ1) is 11.5. The molecule has 0 bridgehead atoms. The molecular weight excluding hydrogens is 322 g/mol. The summed E-state index contributed by atoms with van der Waals surface area (Å²) >= 11 is 1.54. The zero-order valence-corrected chi connectivity index (χ0v) is 15.5. The van der Waals surface area contributed by atoms with E-state index in [-0.39, 0.29) is 11.8 Å². The molecule has 2 amide bonds. The molecule has 0 aliphatic carbocycles. The van der Waals surface area contributed by atoms with Crippen molar-refractivity contribution in [2.24, 2.45) is 5.92 Å². The lowest BCUT2D eigenvalue weighted by molar-refractivity contribution is -0.131. The third-order valence-electron chi connectivity index (χ3n) is 4.77. The normalized spacial score (nSPS) is 18.5. The third-order valence-corrected chi connectivity index (χ3v) is 5.91. The second-order valence-corrected chi connectivity index (χ2v) is 8.30. The van der Waals surface area contributed by atoms with Crippen LogP contribution in [-0.2, 0) is 17.6 Å². The van der Waals surface area contributed by atoms with E-state index in [4.69, 9.17) is 0 Å². The molecule has 3 heterocycles. The van der Waals surface area contributed by atoms with Gasteiger partial charge in [0, 0.05) is 50.3 Å². The molecule has 2 aliphatic heterocycles. The Morgan fingerprint density at radius 2 is 1.75 bits per heavy atom. The van der Waals surface area contributed by atoms with Crippen molar-refractivity contribution in [3.8, 4) is 0 Å². The van der Waals surface area contributed by atoms with Crippen LogP contribution < -0.4 is 0 Å². The third kappa shape index (κ3) is 3.97. The minimum absolute atomic E-state index is 0.0977. The summed E-state index contributed by atoms with van der Waals surface area (Å²) in [6.07, 6.45) is 5.62. The van der Waals surface area contributed by atoms with Gasteiger partial charge in [0.25, 0.3) is 5.91 Å². The highest BCUT2D eigenvalue weighted by Crippen LogP contribution is 2.25. The number of carbonyl (C=O) groups is 2. The number of rotatable bonds is 3. The van der Waals surface area contributed by atoms with Gasteiger partial charge in [-0.05, 0) is 25.2 Å². The summed E-state index contributed by atoms with van der Waals surface area (Å²) in [5.41, 5.74) is 1.03. The quantitative estimate of drug-likeness (QED) is 0.843. The summed E-state index contributed by atoms with van der Waals surface area (Å²) in [6.45, 7) is 7.35. The molecule has 3 rings (SSSR count). The molecule has 24 heavy (non-hydrogen) atoms. The number of hydrogen-bond acceptors (Lipinski definition) is 4. The molecule has 0 unspecified atom stereocenters. The summed E-state index contributed by atoms with van der Waals surface area (Å²) in [5.74, 6) is 0.729. The van der Waals surface area contributed by atoms with E-state index in [1.165, 1.54) is 22.6 Å². The number of likely N-dealkylation sites (tertiary alicyclic amines) is 1. The maximum atomic E-state index is 12.6. The van der Waals surface area contributed by atoms with Gasteiger partial charge >= 0.3 is 0 Å². The Balaban J connectivity index is 1.64. The maximum Gasteiger partial charge on any atom is 0.282 e. The van der Waals surface area contributed by atoms with Gasteiger partial charge in [0.1, 0.15) is 0 Å². The van der Waals surface area contributed by atoms with Crippen LogP contribution in [0.1, 0.15) is 59.9 Å². The summed E-state index contributed by atoms with van der Waals surface area (Å²) in [4.78, 5) is 34.6. The molecule has 2 aliphatic rings. The minimum atomic E-state index is 0.0977. The van der Waals surface area contributed by atoms with Gasteiger partial charge in [0.2, 0.25) is 5.91 Å². The van der Waals surface area contributed by atoms with E-state index in [1.807, 2.05) is 9.80 Å². The SMILES string of the molecule is CC(C)CC(=O)N1CCc2nc(C(=O)N3CCCCC3)sc2CC1. The average Bonchev–Trinajstić information content (AvgIpc) is 2.87. The highest BCUT2D eigenvalue weighted by atomic mass is 32.1. The molecule has 0 aromatic carbocycles. The minimum Gasteiger partial charge on any atom is -0.342 e. The van der Waals surface area contributed by atoms with Crippen LogP contribution in [0.2, 0.25) is 0 Å². The lowest BCUT2D eigenvalue weighted by atomic mass is 10.1. The Morgan fingerprint density at radius 1 is 1.04 bits per heavy atom. The number of nitrogens with zero attached hydrogens (tertiary/aromatic N) is 3. The van der Waals surface area contributed by atoms with Crippen LogP contribution in [0.4, 0.5) is 0 Å². The molecule has 1 aromatic rings. The van der Waals surface area contributed by atoms with E-state index in [0.29, 0.717) is 17.3 Å². The standard InChI is InChI=1S/C18H27N3O2S/c1-13(2)12-16(22)20-10-6-14-15(7-11-20)24-17(19-14)18(23)21-8-4-3-5-9-21/h13H,3-12H2,1-2H3. The second kappa shape index (κ2) is 7.64. The van der Waals surface area contributed by atoms with Crippen molar-refractivity contribution >= 4 is 23.2 Å². The van der Waals surface area contributed by atoms with Gasteiger partial charge in [-0.25, -0.2) is 4.98 Å². The predicted octanol–water partition coefficient (Wildman–Crippen LogP) is 2.74. The maximum absolute atomic E-state index is 12.6. The van der Waals surface area contributed by atoms with Gasteiger partial charge in [-0.1, -0.05) is 13.8 Å². The Bertz CT molecular complexity index is 580. The van der Waals surface area contributed by atoms with Gasteiger partial charge in [0.15, 0.2) is 5.01 Å². The second-order valence-electron chi connectivity index (χ2n) is 7.22. The Hall–Kier alpha value is -1.43. The van der Waals surface area contributed by atoms with Gasteiger partial charge in [-0.15, -0.1) is 11.3 Å². The number of fused-ring (bicyclic) bond motifs is 1. The van der Waals surface area contributed by atoms with Gasteiger partial charge in [-0.2, -0.15) is 0 Å². The zero-order chi connectivity index (χ0) is 17.1. The number of aromatic nitrogens is 1. The molecule has 0 radical (unpaired) electrons. The van der Waals surface area contributed by atoms with Gasteiger partial charge in [-0.3, -0.25) is 9.59 Å². The van der Waals surface area contributed by atoms with E-state index in [0.717, 1.165) is 57.6 Å². The van der Waals surface area contributed by atoms with E-state index in [1.54, 1.807) is 0 Å². The van der Waals surface area contributed by atoms with Crippen molar-refractivity contribution in [1.29, 1.82) is 0 Å². The molecule has 6 heteroatoms. The van der Waals surface area contributed by atoms with Gasteiger partial charge in [0.05, 0.1) is 5.69 Å². The highest BCUT2D eigenvalue weighted by molar-refractivity contribution is 7.13. The van der Waals surface area contributed by atoms with Crippen LogP contribution in [-0.4, -0.2) is 52.8 Å². The molecule has 1 saturated heterocycles. The van der Waals surface area contributed by atoms with Crippen molar-refractivity contribution in [3.05, 3.63) is 15.6 Å². The molecule has 132 valence electrons. The lowest BCUT2D eigenvalue weighted by Crippen LogP contribution is -2.35. The number of amides is 2. The fourth-order valence-electron chi connectivity index (χ4n) is 3.41. The van der Waals surface area contributed by atoms with Crippen LogP contribution in [0.5, 0.6) is 0 Å². The summed E-state index contributed by atoms with van der Waals surface area (Å²) < 4.78 is 0. The van der Waals surface area contributed by atoms with E-state index < -0.39 is 0 Å². The number of hydrogen-bond donors (Lipinski definition) is 0.